The molecule has 1 N–H and O–H groups in total. The molecule has 1 aliphatic rings. The van der Waals surface area contributed by atoms with Crippen molar-refractivity contribution in [2.45, 2.75) is 31.9 Å². The van der Waals surface area contributed by atoms with Crippen molar-refractivity contribution in [3.8, 4) is 0 Å². The van der Waals surface area contributed by atoms with Gasteiger partial charge in [0.15, 0.2) is 0 Å². The molecule has 1 aliphatic carbocycles. The molecule has 2 rings (SSSR count). The largest absolute Gasteiger partial charge is 0.478 e. The molecular formula is C12H13FO2. The van der Waals surface area contributed by atoms with Gasteiger partial charge in [-0.1, -0.05) is 12.1 Å². The maximum Gasteiger partial charge on any atom is 0.336 e. The summed E-state index contributed by atoms with van der Waals surface area (Å²) in [6, 6.07) is 4.98. The average molecular weight is 208 g/mol. The fourth-order valence-electron chi connectivity index (χ4n) is 2.34. The molecule has 0 fully saturated rings. The van der Waals surface area contributed by atoms with Gasteiger partial charge in [-0.3, -0.25) is 0 Å². The second kappa shape index (κ2) is 3.33. The molecule has 0 saturated carbocycles. The van der Waals surface area contributed by atoms with Crippen LogP contribution in [0.4, 0.5) is 4.39 Å². The molecule has 0 aliphatic heterocycles. The lowest BCUT2D eigenvalue weighted by molar-refractivity contribution is 0.0683. The molecule has 0 spiro atoms. The smallest absolute Gasteiger partial charge is 0.336 e. The van der Waals surface area contributed by atoms with Crippen molar-refractivity contribution in [3.05, 3.63) is 34.9 Å². The van der Waals surface area contributed by atoms with Crippen molar-refractivity contribution in [1.29, 1.82) is 0 Å². The van der Waals surface area contributed by atoms with E-state index in [1.165, 1.54) is 13.0 Å². The molecule has 80 valence electrons. The predicted octanol–water partition coefficient (Wildman–Crippen LogP) is 2.91. The molecule has 0 radical (unpaired) electrons. The standard InChI is InChI=1S/C12H13FO2/c1-12(13)7-3-5-8-4-2-6-9(10(8)12)11(14)15/h2,4,6H,3,5,7H2,1H3,(H,14,15). The number of aryl methyl sites for hydroxylation is 1. The quantitative estimate of drug-likeness (QED) is 0.770. The summed E-state index contributed by atoms with van der Waals surface area (Å²) in [6.07, 6.45) is 1.96. The number of hydrogen-bond acceptors (Lipinski definition) is 1. The van der Waals surface area contributed by atoms with Crippen molar-refractivity contribution in [2.75, 3.05) is 0 Å². The Kier molecular flexibility index (Phi) is 2.25. The lowest BCUT2D eigenvalue weighted by Gasteiger charge is -2.29. The topological polar surface area (TPSA) is 37.3 Å². The molecular weight excluding hydrogens is 195 g/mol. The van der Waals surface area contributed by atoms with Gasteiger partial charge in [0, 0.05) is 5.56 Å². The van der Waals surface area contributed by atoms with E-state index < -0.39 is 11.6 Å². The van der Waals surface area contributed by atoms with Gasteiger partial charge in [-0.05, 0) is 37.8 Å². The van der Waals surface area contributed by atoms with Gasteiger partial charge < -0.3 is 5.11 Å². The van der Waals surface area contributed by atoms with Crippen LogP contribution in [0.3, 0.4) is 0 Å². The Morgan fingerprint density at radius 2 is 2.27 bits per heavy atom. The average Bonchev–Trinajstić information content (AvgIpc) is 2.16. The van der Waals surface area contributed by atoms with Gasteiger partial charge in [0.05, 0.1) is 5.56 Å². The number of alkyl halides is 1. The fraction of sp³-hybridized carbons (Fsp3) is 0.417. The van der Waals surface area contributed by atoms with Crippen LogP contribution in [0.1, 0.15) is 41.3 Å². The third kappa shape index (κ3) is 1.62. The van der Waals surface area contributed by atoms with E-state index in [0.717, 1.165) is 18.4 Å². The molecule has 2 nitrogen and oxygen atoms in total. The maximum absolute atomic E-state index is 14.2. The molecule has 15 heavy (non-hydrogen) atoms. The molecule has 0 aromatic heterocycles. The summed E-state index contributed by atoms with van der Waals surface area (Å²) in [6.45, 7) is 1.47. The van der Waals surface area contributed by atoms with Crippen LogP contribution < -0.4 is 0 Å². The Hall–Kier alpha value is -1.38. The maximum atomic E-state index is 14.2. The van der Waals surface area contributed by atoms with Crippen LogP contribution in [-0.4, -0.2) is 11.1 Å². The van der Waals surface area contributed by atoms with Crippen LogP contribution in [0.2, 0.25) is 0 Å². The highest BCUT2D eigenvalue weighted by Crippen LogP contribution is 2.40. The molecule has 1 aromatic carbocycles. The van der Waals surface area contributed by atoms with Crippen LogP contribution in [0, 0.1) is 0 Å². The van der Waals surface area contributed by atoms with Crippen molar-refractivity contribution in [2.24, 2.45) is 0 Å². The van der Waals surface area contributed by atoms with Crippen molar-refractivity contribution in [3.63, 3.8) is 0 Å². The number of rotatable bonds is 1. The van der Waals surface area contributed by atoms with E-state index in [2.05, 4.69) is 0 Å². The Morgan fingerprint density at radius 3 is 2.93 bits per heavy atom. The van der Waals surface area contributed by atoms with E-state index in [-0.39, 0.29) is 5.56 Å². The van der Waals surface area contributed by atoms with Gasteiger partial charge in [0.2, 0.25) is 0 Å². The summed E-state index contributed by atoms with van der Waals surface area (Å²) >= 11 is 0. The Bertz CT molecular complexity index is 410. The number of halogens is 1. The number of benzene rings is 1. The Balaban J connectivity index is 2.65. The zero-order valence-electron chi connectivity index (χ0n) is 8.59. The van der Waals surface area contributed by atoms with E-state index in [1.54, 1.807) is 6.07 Å². The van der Waals surface area contributed by atoms with Gasteiger partial charge in [-0.2, -0.15) is 0 Å². The van der Waals surface area contributed by atoms with Gasteiger partial charge in [0.25, 0.3) is 0 Å². The number of carboxylic acid groups (broad SMARTS) is 1. The van der Waals surface area contributed by atoms with Crippen LogP contribution >= 0.6 is 0 Å². The summed E-state index contributed by atoms with van der Waals surface area (Å²) in [5.74, 6) is -1.04. The highest BCUT2D eigenvalue weighted by atomic mass is 19.1. The van der Waals surface area contributed by atoms with Crippen LogP contribution in [0.25, 0.3) is 0 Å². The number of carboxylic acids is 1. The Morgan fingerprint density at radius 1 is 1.53 bits per heavy atom. The lowest BCUT2D eigenvalue weighted by atomic mass is 9.79. The first kappa shape index (κ1) is 10.1. The summed E-state index contributed by atoms with van der Waals surface area (Å²) in [5, 5.41) is 9.01. The third-order valence-corrected chi connectivity index (χ3v) is 2.99. The first-order valence-corrected chi connectivity index (χ1v) is 5.07. The highest BCUT2D eigenvalue weighted by molar-refractivity contribution is 5.90. The number of hydrogen-bond donors (Lipinski definition) is 1. The van der Waals surface area contributed by atoms with Gasteiger partial charge in [-0.25, -0.2) is 9.18 Å². The van der Waals surface area contributed by atoms with Crippen molar-refractivity contribution >= 4 is 5.97 Å². The molecule has 0 heterocycles. The molecule has 0 saturated heterocycles. The first-order chi connectivity index (χ1) is 7.02. The predicted molar refractivity (Wildman–Crippen MR) is 54.8 cm³/mol. The SMILES string of the molecule is CC1(F)CCCc2cccc(C(=O)O)c21. The van der Waals surface area contributed by atoms with E-state index >= 15 is 0 Å². The van der Waals surface area contributed by atoms with E-state index in [0.29, 0.717) is 12.0 Å². The van der Waals surface area contributed by atoms with Gasteiger partial charge >= 0.3 is 5.97 Å². The Labute approximate surface area is 87.7 Å². The zero-order valence-corrected chi connectivity index (χ0v) is 8.59. The van der Waals surface area contributed by atoms with E-state index in [4.69, 9.17) is 5.11 Å². The number of carbonyl (C=O) groups is 1. The first-order valence-electron chi connectivity index (χ1n) is 5.07. The molecule has 0 bridgehead atoms. The van der Waals surface area contributed by atoms with Gasteiger partial charge in [-0.15, -0.1) is 0 Å². The number of fused-ring (bicyclic) bond motifs is 1. The summed E-state index contributed by atoms with van der Waals surface area (Å²) < 4.78 is 14.2. The zero-order chi connectivity index (χ0) is 11.1. The minimum Gasteiger partial charge on any atom is -0.478 e. The lowest BCUT2D eigenvalue weighted by Crippen LogP contribution is -2.25. The number of aromatic carboxylic acids is 1. The van der Waals surface area contributed by atoms with Crippen molar-refractivity contribution < 1.29 is 14.3 Å². The van der Waals surface area contributed by atoms with E-state index in [1.807, 2.05) is 6.07 Å². The monoisotopic (exact) mass is 208 g/mol. The van der Waals surface area contributed by atoms with Crippen LogP contribution in [0.15, 0.2) is 18.2 Å². The normalized spacial score (nSPS) is 24.7. The molecule has 1 aromatic rings. The molecule has 3 heteroatoms. The second-order valence-corrected chi connectivity index (χ2v) is 4.20. The van der Waals surface area contributed by atoms with E-state index in [9.17, 15) is 9.18 Å². The molecule has 1 atom stereocenters. The summed E-state index contributed by atoms with van der Waals surface area (Å²) in [5.41, 5.74) is -0.171. The molecule has 1 unspecified atom stereocenters. The summed E-state index contributed by atoms with van der Waals surface area (Å²) in [7, 11) is 0. The fourth-order valence-corrected chi connectivity index (χ4v) is 2.34. The third-order valence-electron chi connectivity index (χ3n) is 2.99. The van der Waals surface area contributed by atoms with Crippen LogP contribution in [-0.2, 0) is 12.1 Å². The second-order valence-electron chi connectivity index (χ2n) is 4.20. The summed E-state index contributed by atoms with van der Waals surface area (Å²) in [4.78, 5) is 11.0. The van der Waals surface area contributed by atoms with Crippen molar-refractivity contribution in [1.82, 2.24) is 0 Å². The molecule has 0 amide bonds. The van der Waals surface area contributed by atoms with Gasteiger partial charge in [0.1, 0.15) is 5.67 Å². The minimum absolute atomic E-state index is 0.109. The highest BCUT2D eigenvalue weighted by Gasteiger charge is 2.35. The van der Waals surface area contributed by atoms with Crippen LogP contribution in [0.5, 0.6) is 0 Å². The minimum atomic E-state index is -1.50.